The fourth-order valence-corrected chi connectivity index (χ4v) is 4.38. The summed E-state index contributed by atoms with van der Waals surface area (Å²) in [7, 11) is 0. The Labute approximate surface area is 159 Å². The van der Waals surface area contributed by atoms with Crippen LogP contribution in [-0.4, -0.2) is 28.1 Å². The highest BCUT2D eigenvalue weighted by Crippen LogP contribution is 2.42. The first-order valence-electron chi connectivity index (χ1n) is 9.55. The fraction of sp³-hybridized carbons (Fsp3) is 0.391. The third-order valence-corrected chi connectivity index (χ3v) is 5.53. The molecule has 1 N–H and O–H groups in total. The molecule has 4 heteroatoms. The summed E-state index contributed by atoms with van der Waals surface area (Å²) in [4.78, 5) is 5.61. The van der Waals surface area contributed by atoms with Gasteiger partial charge in [-0.2, -0.15) is 0 Å². The molecule has 0 unspecified atom stereocenters. The lowest BCUT2D eigenvalue weighted by molar-refractivity contribution is 0.0656. The second kappa shape index (κ2) is 6.45. The van der Waals surface area contributed by atoms with Gasteiger partial charge in [-0.25, -0.2) is 8.78 Å². The van der Waals surface area contributed by atoms with Gasteiger partial charge in [-0.1, -0.05) is 30.3 Å². The van der Waals surface area contributed by atoms with E-state index in [9.17, 15) is 8.78 Å². The van der Waals surface area contributed by atoms with E-state index in [-0.39, 0.29) is 24.4 Å². The third kappa shape index (κ3) is 3.27. The number of H-pyrrole nitrogens is 1. The van der Waals surface area contributed by atoms with Crippen LogP contribution in [0.25, 0.3) is 10.9 Å². The van der Waals surface area contributed by atoms with Crippen LogP contribution in [0, 0.1) is 12.7 Å². The molecule has 3 aromatic rings. The van der Waals surface area contributed by atoms with Crippen LogP contribution in [0.15, 0.2) is 42.5 Å². The molecule has 2 atom stereocenters. The zero-order chi connectivity index (χ0) is 19.3. The Morgan fingerprint density at radius 1 is 1.19 bits per heavy atom. The van der Waals surface area contributed by atoms with Crippen molar-refractivity contribution < 1.29 is 8.78 Å². The van der Waals surface area contributed by atoms with Gasteiger partial charge < -0.3 is 4.98 Å². The molecule has 0 bridgehead atoms. The van der Waals surface area contributed by atoms with E-state index in [1.165, 1.54) is 10.9 Å². The first kappa shape index (κ1) is 18.2. The van der Waals surface area contributed by atoms with Crippen molar-refractivity contribution in [1.29, 1.82) is 0 Å². The van der Waals surface area contributed by atoms with E-state index in [1.807, 2.05) is 37.3 Å². The number of nitrogens with zero attached hydrogens (tertiary/aromatic N) is 1. The number of halogens is 2. The molecule has 0 radical (unpaired) electrons. The summed E-state index contributed by atoms with van der Waals surface area (Å²) in [6.45, 7) is 7.41. The maximum absolute atomic E-state index is 15.0. The number of alkyl halides is 1. The lowest BCUT2D eigenvalue weighted by atomic mass is 9.87. The molecule has 2 nitrogen and oxygen atoms in total. The SMILES string of the molecule is Cc1ccc([C@@H]2c3[nH]c4ccccc4c3C[C@@H](C)N2CC(C)(C)F)c(F)c1. The predicted octanol–water partition coefficient (Wildman–Crippen LogP) is 5.70. The van der Waals surface area contributed by atoms with Gasteiger partial charge in [-0.05, 0) is 57.4 Å². The molecule has 2 heterocycles. The number of aryl methyl sites for hydroxylation is 1. The number of para-hydroxylation sites is 1. The molecule has 0 amide bonds. The quantitative estimate of drug-likeness (QED) is 0.628. The van der Waals surface area contributed by atoms with Crippen molar-refractivity contribution in [2.45, 2.75) is 51.9 Å². The summed E-state index contributed by atoms with van der Waals surface area (Å²) in [5.74, 6) is -0.236. The lowest BCUT2D eigenvalue weighted by Crippen LogP contribution is -2.48. The summed E-state index contributed by atoms with van der Waals surface area (Å²) < 4.78 is 29.6. The van der Waals surface area contributed by atoms with E-state index < -0.39 is 5.67 Å². The summed E-state index contributed by atoms with van der Waals surface area (Å²) in [6, 6.07) is 13.3. The van der Waals surface area contributed by atoms with Crippen LogP contribution < -0.4 is 0 Å². The standard InChI is InChI=1S/C23H26F2N2/c1-14-9-10-17(19(24)11-14)22-21-18(16-7-5-6-8-20(16)26-21)12-15(2)27(22)13-23(3,4)25/h5-11,15,22,26H,12-13H2,1-4H3/t15-,22-/m1/s1. The maximum Gasteiger partial charge on any atom is 0.128 e. The summed E-state index contributed by atoms with van der Waals surface area (Å²) in [5.41, 5.74) is 3.38. The van der Waals surface area contributed by atoms with Crippen molar-refractivity contribution in [3.8, 4) is 0 Å². The van der Waals surface area contributed by atoms with Gasteiger partial charge in [0.2, 0.25) is 0 Å². The van der Waals surface area contributed by atoms with Gasteiger partial charge >= 0.3 is 0 Å². The Morgan fingerprint density at radius 2 is 1.93 bits per heavy atom. The molecule has 2 aromatic carbocycles. The topological polar surface area (TPSA) is 19.0 Å². The second-order valence-corrected chi connectivity index (χ2v) is 8.43. The largest absolute Gasteiger partial charge is 0.357 e. The molecular weight excluding hydrogens is 342 g/mol. The van der Waals surface area contributed by atoms with Gasteiger partial charge in [0.15, 0.2) is 0 Å². The second-order valence-electron chi connectivity index (χ2n) is 8.43. The average molecular weight is 368 g/mol. The molecular formula is C23H26F2N2. The first-order valence-corrected chi connectivity index (χ1v) is 9.55. The highest BCUT2D eigenvalue weighted by atomic mass is 19.1. The van der Waals surface area contributed by atoms with Crippen LogP contribution in [0.1, 0.15) is 49.2 Å². The van der Waals surface area contributed by atoms with Gasteiger partial charge in [0.25, 0.3) is 0 Å². The van der Waals surface area contributed by atoms with Crippen LogP contribution in [-0.2, 0) is 6.42 Å². The Balaban J connectivity index is 1.93. The van der Waals surface area contributed by atoms with Crippen molar-refractivity contribution >= 4 is 10.9 Å². The number of aromatic nitrogens is 1. The fourth-order valence-electron chi connectivity index (χ4n) is 4.38. The molecule has 27 heavy (non-hydrogen) atoms. The van der Waals surface area contributed by atoms with Gasteiger partial charge in [-0.15, -0.1) is 0 Å². The van der Waals surface area contributed by atoms with Gasteiger partial charge in [0.1, 0.15) is 11.5 Å². The van der Waals surface area contributed by atoms with Crippen molar-refractivity contribution in [1.82, 2.24) is 9.88 Å². The van der Waals surface area contributed by atoms with Crippen LogP contribution in [0.3, 0.4) is 0 Å². The molecule has 0 saturated carbocycles. The van der Waals surface area contributed by atoms with Crippen LogP contribution >= 0.6 is 0 Å². The maximum atomic E-state index is 15.0. The molecule has 0 spiro atoms. The number of nitrogens with one attached hydrogen (secondary N) is 1. The van der Waals surface area contributed by atoms with Crippen molar-refractivity contribution in [2.24, 2.45) is 0 Å². The van der Waals surface area contributed by atoms with Gasteiger partial charge in [0.05, 0.1) is 6.04 Å². The molecule has 142 valence electrons. The van der Waals surface area contributed by atoms with E-state index in [1.54, 1.807) is 19.9 Å². The molecule has 1 aromatic heterocycles. The summed E-state index contributed by atoms with van der Waals surface area (Å²) >= 11 is 0. The number of rotatable bonds is 3. The van der Waals surface area contributed by atoms with Crippen LogP contribution in [0.4, 0.5) is 8.78 Å². The zero-order valence-electron chi connectivity index (χ0n) is 16.3. The Morgan fingerprint density at radius 3 is 2.63 bits per heavy atom. The van der Waals surface area contributed by atoms with Crippen molar-refractivity contribution in [3.63, 3.8) is 0 Å². The molecule has 1 aliphatic rings. The summed E-state index contributed by atoms with van der Waals surface area (Å²) in [5, 5.41) is 1.18. The number of benzene rings is 2. The van der Waals surface area contributed by atoms with E-state index >= 15 is 0 Å². The number of fused-ring (bicyclic) bond motifs is 3. The van der Waals surface area contributed by atoms with Crippen molar-refractivity contribution in [2.75, 3.05) is 6.54 Å². The number of hydrogen-bond donors (Lipinski definition) is 1. The predicted molar refractivity (Wildman–Crippen MR) is 106 cm³/mol. The van der Waals surface area contributed by atoms with E-state index in [0.717, 1.165) is 23.2 Å². The highest BCUT2D eigenvalue weighted by Gasteiger charge is 2.39. The Hall–Kier alpha value is -2.20. The van der Waals surface area contributed by atoms with E-state index in [0.29, 0.717) is 5.56 Å². The minimum atomic E-state index is -1.36. The summed E-state index contributed by atoms with van der Waals surface area (Å²) in [6.07, 6.45) is 0.819. The molecule has 1 aliphatic heterocycles. The first-order chi connectivity index (χ1) is 12.7. The van der Waals surface area contributed by atoms with E-state index in [2.05, 4.69) is 22.9 Å². The average Bonchev–Trinajstić information content (AvgIpc) is 2.93. The highest BCUT2D eigenvalue weighted by molar-refractivity contribution is 5.85. The Bertz CT molecular complexity index is 984. The van der Waals surface area contributed by atoms with Gasteiger partial charge in [0, 0.05) is 34.7 Å². The minimum absolute atomic E-state index is 0.109. The number of aromatic amines is 1. The number of hydrogen-bond acceptors (Lipinski definition) is 1. The molecule has 0 fully saturated rings. The monoisotopic (exact) mass is 368 g/mol. The van der Waals surface area contributed by atoms with Crippen molar-refractivity contribution in [3.05, 3.63) is 70.7 Å². The van der Waals surface area contributed by atoms with Crippen LogP contribution in [0.5, 0.6) is 0 Å². The van der Waals surface area contributed by atoms with Gasteiger partial charge in [-0.3, -0.25) is 4.90 Å². The Kier molecular flexibility index (Phi) is 4.34. The minimum Gasteiger partial charge on any atom is -0.357 e. The lowest BCUT2D eigenvalue weighted by Gasteiger charge is -2.43. The third-order valence-electron chi connectivity index (χ3n) is 5.53. The molecule has 0 aliphatic carbocycles. The molecule has 0 saturated heterocycles. The molecule has 4 rings (SSSR count). The van der Waals surface area contributed by atoms with E-state index in [4.69, 9.17) is 0 Å². The zero-order valence-corrected chi connectivity index (χ0v) is 16.3. The normalized spacial score (nSPS) is 20.8. The smallest absolute Gasteiger partial charge is 0.128 e. The van der Waals surface area contributed by atoms with Crippen LogP contribution in [0.2, 0.25) is 0 Å².